The quantitative estimate of drug-likeness (QED) is 0.893. The first-order valence-electron chi connectivity index (χ1n) is 4.99. The number of hydrogen-bond donors (Lipinski definition) is 2. The molecule has 17 heavy (non-hydrogen) atoms. The number of nitrogens with one attached hydrogen (secondary N) is 1. The Morgan fingerprint density at radius 3 is 2.82 bits per heavy atom. The monoisotopic (exact) mass is 324 g/mol. The Hall–Kier alpha value is -0.650. The first-order chi connectivity index (χ1) is 7.50. The fourth-order valence-corrected chi connectivity index (χ4v) is 1.61. The zero-order chi connectivity index (χ0) is 12.1. The highest BCUT2D eigenvalue weighted by Gasteiger charge is 2.10. The molecule has 1 rings (SSSR count). The van der Waals surface area contributed by atoms with Crippen LogP contribution in [0.5, 0.6) is 0 Å². The van der Waals surface area contributed by atoms with Crippen LogP contribution in [0.25, 0.3) is 0 Å². The van der Waals surface area contributed by atoms with Crippen molar-refractivity contribution < 1.29 is 9.18 Å². The van der Waals surface area contributed by atoms with E-state index in [-0.39, 0.29) is 24.4 Å². The van der Waals surface area contributed by atoms with E-state index < -0.39 is 5.82 Å². The zero-order valence-corrected chi connectivity index (χ0v) is 11.8. The minimum atomic E-state index is -0.430. The normalized spacial score (nSPS) is 11.5. The second kappa shape index (κ2) is 7.63. The van der Waals surface area contributed by atoms with Gasteiger partial charge in [0.05, 0.1) is 5.56 Å². The molecule has 96 valence electrons. The highest BCUT2D eigenvalue weighted by molar-refractivity contribution is 9.10. The molecule has 0 heterocycles. The Morgan fingerprint density at radius 1 is 1.59 bits per heavy atom. The second-order valence-electron chi connectivity index (χ2n) is 3.65. The largest absolute Gasteiger partial charge is 0.352 e. The van der Waals surface area contributed by atoms with Crippen LogP contribution in [0.4, 0.5) is 4.39 Å². The summed E-state index contributed by atoms with van der Waals surface area (Å²) in [5.41, 5.74) is 5.85. The Labute approximate surface area is 114 Å². The molecule has 0 fully saturated rings. The van der Waals surface area contributed by atoms with Crippen molar-refractivity contribution >= 4 is 34.2 Å². The molecule has 0 aliphatic heterocycles. The van der Waals surface area contributed by atoms with Gasteiger partial charge in [-0.15, -0.1) is 12.4 Å². The number of benzene rings is 1. The van der Waals surface area contributed by atoms with Gasteiger partial charge in [0.2, 0.25) is 0 Å². The number of rotatable bonds is 4. The minimum Gasteiger partial charge on any atom is -0.352 e. The molecular formula is C11H15BrClFN2O. The lowest BCUT2D eigenvalue weighted by atomic mass is 10.2. The number of halogens is 3. The average molecular weight is 326 g/mol. The predicted molar refractivity (Wildman–Crippen MR) is 71.9 cm³/mol. The molecule has 1 amide bonds. The van der Waals surface area contributed by atoms with Gasteiger partial charge in [-0.3, -0.25) is 4.79 Å². The number of carbonyl (C=O) groups excluding carboxylic acids is 1. The van der Waals surface area contributed by atoms with Crippen LogP contribution >= 0.6 is 28.3 Å². The topological polar surface area (TPSA) is 55.1 Å². The third-order valence-corrected chi connectivity index (χ3v) is 2.75. The Balaban J connectivity index is 0.00000256. The van der Waals surface area contributed by atoms with Crippen LogP contribution in [-0.2, 0) is 0 Å². The van der Waals surface area contributed by atoms with E-state index in [1.54, 1.807) is 0 Å². The maximum Gasteiger partial charge on any atom is 0.252 e. The van der Waals surface area contributed by atoms with Crippen LogP contribution < -0.4 is 11.1 Å². The standard InChI is InChI=1S/C11H14BrFN2O.ClH/c1-7(14)4-5-15-11(16)9-6-8(13)2-3-10(9)12;/h2-3,6-7H,4-5,14H2,1H3,(H,15,16);1H. The van der Waals surface area contributed by atoms with Crippen LogP contribution in [0.1, 0.15) is 23.7 Å². The number of nitrogens with two attached hydrogens (primary N) is 1. The summed E-state index contributed by atoms with van der Waals surface area (Å²) >= 11 is 3.20. The predicted octanol–water partition coefficient (Wildman–Crippen LogP) is 2.48. The van der Waals surface area contributed by atoms with Crippen LogP contribution in [0.3, 0.4) is 0 Å². The lowest BCUT2D eigenvalue weighted by molar-refractivity contribution is 0.0951. The molecule has 0 aliphatic rings. The maximum atomic E-state index is 12.9. The highest BCUT2D eigenvalue weighted by atomic mass is 79.9. The molecule has 0 radical (unpaired) electrons. The number of amides is 1. The molecule has 0 saturated carbocycles. The van der Waals surface area contributed by atoms with E-state index in [1.807, 2.05) is 6.92 Å². The number of carbonyl (C=O) groups is 1. The van der Waals surface area contributed by atoms with Crippen molar-refractivity contribution in [2.45, 2.75) is 19.4 Å². The SMILES string of the molecule is CC(N)CCNC(=O)c1cc(F)ccc1Br.Cl. The average Bonchev–Trinajstić information content (AvgIpc) is 2.21. The van der Waals surface area contributed by atoms with E-state index in [4.69, 9.17) is 5.73 Å². The Kier molecular flexibility index (Phi) is 7.34. The molecule has 0 aromatic heterocycles. The van der Waals surface area contributed by atoms with Crippen molar-refractivity contribution in [3.05, 3.63) is 34.1 Å². The van der Waals surface area contributed by atoms with E-state index >= 15 is 0 Å². The lowest BCUT2D eigenvalue weighted by Gasteiger charge is -2.08. The summed E-state index contributed by atoms with van der Waals surface area (Å²) in [4.78, 5) is 11.7. The molecule has 1 atom stereocenters. The molecule has 3 N–H and O–H groups in total. The van der Waals surface area contributed by atoms with Gasteiger partial charge in [-0.05, 0) is 47.5 Å². The van der Waals surface area contributed by atoms with Gasteiger partial charge in [-0.2, -0.15) is 0 Å². The Bertz CT molecular complexity index is 388. The molecule has 6 heteroatoms. The van der Waals surface area contributed by atoms with Gasteiger partial charge in [0.1, 0.15) is 5.82 Å². The molecule has 1 aromatic carbocycles. The third kappa shape index (κ3) is 5.48. The van der Waals surface area contributed by atoms with Gasteiger partial charge < -0.3 is 11.1 Å². The van der Waals surface area contributed by atoms with Crippen LogP contribution in [0, 0.1) is 5.82 Å². The number of hydrogen-bond acceptors (Lipinski definition) is 2. The summed E-state index contributed by atoms with van der Waals surface area (Å²) in [6.45, 7) is 2.35. The van der Waals surface area contributed by atoms with Crippen LogP contribution in [0.2, 0.25) is 0 Å². The molecule has 3 nitrogen and oxygen atoms in total. The molecular weight excluding hydrogens is 310 g/mol. The molecule has 0 saturated heterocycles. The Morgan fingerprint density at radius 2 is 2.24 bits per heavy atom. The third-order valence-electron chi connectivity index (χ3n) is 2.06. The first-order valence-corrected chi connectivity index (χ1v) is 5.79. The van der Waals surface area contributed by atoms with Crippen molar-refractivity contribution in [1.29, 1.82) is 0 Å². The van der Waals surface area contributed by atoms with Gasteiger partial charge in [0.25, 0.3) is 5.91 Å². The van der Waals surface area contributed by atoms with Crippen molar-refractivity contribution in [3.63, 3.8) is 0 Å². The molecule has 1 unspecified atom stereocenters. The van der Waals surface area contributed by atoms with E-state index in [1.165, 1.54) is 18.2 Å². The van der Waals surface area contributed by atoms with E-state index in [0.29, 0.717) is 23.0 Å². The molecule has 0 spiro atoms. The zero-order valence-electron chi connectivity index (χ0n) is 9.37. The molecule has 1 aromatic rings. The van der Waals surface area contributed by atoms with Crippen molar-refractivity contribution in [2.75, 3.05) is 6.54 Å². The van der Waals surface area contributed by atoms with E-state index in [9.17, 15) is 9.18 Å². The molecule has 0 aliphatic carbocycles. The first kappa shape index (κ1) is 16.4. The summed E-state index contributed by atoms with van der Waals surface area (Å²) in [5.74, 6) is -0.729. The van der Waals surface area contributed by atoms with Gasteiger partial charge >= 0.3 is 0 Å². The summed E-state index contributed by atoms with van der Waals surface area (Å²) in [5, 5.41) is 2.68. The highest BCUT2D eigenvalue weighted by Crippen LogP contribution is 2.17. The maximum absolute atomic E-state index is 12.9. The fourth-order valence-electron chi connectivity index (χ4n) is 1.18. The van der Waals surface area contributed by atoms with Crippen molar-refractivity contribution in [1.82, 2.24) is 5.32 Å². The second-order valence-corrected chi connectivity index (χ2v) is 4.50. The van der Waals surface area contributed by atoms with Crippen LogP contribution in [-0.4, -0.2) is 18.5 Å². The van der Waals surface area contributed by atoms with E-state index in [2.05, 4.69) is 21.2 Å². The van der Waals surface area contributed by atoms with Gasteiger partial charge in [-0.25, -0.2) is 4.39 Å². The summed E-state index contributed by atoms with van der Waals surface area (Å²) < 4.78 is 13.5. The van der Waals surface area contributed by atoms with Crippen molar-refractivity contribution in [3.8, 4) is 0 Å². The van der Waals surface area contributed by atoms with Crippen molar-refractivity contribution in [2.24, 2.45) is 5.73 Å². The minimum absolute atomic E-state index is 0. The smallest absolute Gasteiger partial charge is 0.252 e. The fraction of sp³-hybridized carbons (Fsp3) is 0.364. The summed E-state index contributed by atoms with van der Waals surface area (Å²) in [7, 11) is 0. The lowest BCUT2D eigenvalue weighted by Crippen LogP contribution is -2.29. The van der Waals surface area contributed by atoms with Crippen LogP contribution in [0.15, 0.2) is 22.7 Å². The van der Waals surface area contributed by atoms with E-state index in [0.717, 1.165) is 0 Å². The summed E-state index contributed by atoms with van der Waals surface area (Å²) in [6.07, 6.45) is 0.693. The summed E-state index contributed by atoms with van der Waals surface area (Å²) in [6, 6.07) is 4.04. The van der Waals surface area contributed by atoms with Gasteiger partial charge in [-0.1, -0.05) is 0 Å². The molecule has 0 bridgehead atoms. The van der Waals surface area contributed by atoms with Gasteiger partial charge in [0.15, 0.2) is 0 Å². The van der Waals surface area contributed by atoms with Gasteiger partial charge in [0, 0.05) is 17.1 Å².